The molecule has 7 nitrogen and oxygen atoms in total. The maximum Gasteiger partial charge on any atom is 0.283 e. The molecule has 0 bridgehead atoms. The van der Waals surface area contributed by atoms with Gasteiger partial charge >= 0.3 is 0 Å². The van der Waals surface area contributed by atoms with Gasteiger partial charge in [-0.3, -0.25) is 0 Å². The van der Waals surface area contributed by atoms with Crippen LogP contribution in [0.5, 0.6) is 0 Å². The van der Waals surface area contributed by atoms with Gasteiger partial charge in [-0.25, -0.2) is 8.42 Å². The van der Waals surface area contributed by atoms with Crippen molar-refractivity contribution in [1.29, 1.82) is 0 Å². The van der Waals surface area contributed by atoms with E-state index in [-0.39, 0.29) is 11.0 Å². The summed E-state index contributed by atoms with van der Waals surface area (Å²) in [5.41, 5.74) is 0. The molecule has 0 amide bonds. The molecule has 1 aliphatic heterocycles. The Hall–Kier alpha value is -1.67. The van der Waals surface area contributed by atoms with Crippen LogP contribution in [-0.4, -0.2) is 36.0 Å². The summed E-state index contributed by atoms with van der Waals surface area (Å²) in [4.78, 5) is 0. The van der Waals surface area contributed by atoms with Crippen molar-refractivity contribution < 1.29 is 17.3 Å². The van der Waals surface area contributed by atoms with Crippen molar-refractivity contribution in [2.24, 2.45) is 0 Å². The highest BCUT2D eigenvalue weighted by Crippen LogP contribution is 2.35. The van der Waals surface area contributed by atoms with Crippen LogP contribution in [0.1, 0.15) is 56.8 Å². The van der Waals surface area contributed by atoms with E-state index in [1.165, 1.54) is 23.2 Å². The van der Waals surface area contributed by atoms with Crippen LogP contribution in [0.25, 0.3) is 11.7 Å². The first kappa shape index (κ1) is 15.8. The molecule has 0 unspecified atom stereocenters. The molecule has 2 aromatic heterocycles. The highest BCUT2D eigenvalue weighted by Gasteiger charge is 2.30. The molecule has 0 aromatic carbocycles. The zero-order valence-electron chi connectivity index (χ0n) is 13.5. The average molecular weight is 351 g/mol. The molecule has 2 fully saturated rings. The topological polar surface area (TPSA) is 89.4 Å². The van der Waals surface area contributed by atoms with Gasteiger partial charge in [0.1, 0.15) is 0 Å². The van der Waals surface area contributed by atoms with E-state index in [1.807, 2.05) is 0 Å². The standard InChI is InChI=1S/C16H21N3O4S/c20-24(21,19-10-4-1-5-11-19)14-9-8-13(22-14)16-18-17-15(23-16)12-6-2-3-7-12/h8-9,12H,1-7,10-11H2. The number of aromatic nitrogens is 2. The number of hydrogen-bond donors (Lipinski definition) is 0. The number of piperidine rings is 1. The van der Waals surface area contributed by atoms with Gasteiger partial charge in [0, 0.05) is 19.0 Å². The van der Waals surface area contributed by atoms with Crippen LogP contribution < -0.4 is 0 Å². The summed E-state index contributed by atoms with van der Waals surface area (Å²) in [5, 5.41) is 8.06. The van der Waals surface area contributed by atoms with Gasteiger partial charge < -0.3 is 8.83 Å². The van der Waals surface area contributed by atoms with Crippen molar-refractivity contribution in [2.75, 3.05) is 13.1 Å². The van der Waals surface area contributed by atoms with Crippen LogP contribution in [-0.2, 0) is 10.0 Å². The normalized spacial score (nSPS) is 20.7. The number of furan rings is 1. The summed E-state index contributed by atoms with van der Waals surface area (Å²) in [6.07, 6.45) is 7.34. The summed E-state index contributed by atoms with van der Waals surface area (Å²) in [7, 11) is -3.58. The second-order valence-electron chi connectivity index (χ2n) is 6.51. The number of rotatable bonds is 4. The van der Waals surface area contributed by atoms with E-state index in [9.17, 15) is 8.42 Å². The van der Waals surface area contributed by atoms with E-state index in [4.69, 9.17) is 8.83 Å². The molecular weight excluding hydrogens is 330 g/mol. The van der Waals surface area contributed by atoms with Crippen molar-refractivity contribution in [3.05, 3.63) is 18.0 Å². The molecule has 1 saturated heterocycles. The Balaban J connectivity index is 1.56. The molecule has 8 heteroatoms. The summed E-state index contributed by atoms with van der Waals surface area (Å²) >= 11 is 0. The minimum Gasteiger partial charge on any atom is -0.438 e. The largest absolute Gasteiger partial charge is 0.438 e. The molecule has 2 aromatic rings. The predicted molar refractivity (Wildman–Crippen MR) is 85.8 cm³/mol. The minimum absolute atomic E-state index is 0.0555. The number of hydrogen-bond acceptors (Lipinski definition) is 6. The third kappa shape index (κ3) is 2.88. The van der Waals surface area contributed by atoms with E-state index in [1.54, 1.807) is 6.07 Å². The monoisotopic (exact) mass is 351 g/mol. The molecule has 130 valence electrons. The van der Waals surface area contributed by atoms with Crippen LogP contribution >= 0.6 is 0 Å². The van der Waals surface area contributed by atoms with Gasteiger partial charge in [0.15, 0.2) is 5.76 Å². The Labute approximate surface area is 141 Å². The molecule has 0 spiro atoms. The molecule has 0 atom stereocenters. The fourth-order valence-electron chi connectivity index (χ4n) is 3.48. The summed E-state index contributed by atoms with van der Waals surface area (Å²) in [5.74, 6) is 1.50. The van der Waals surface area contributed by atoms with E-state index >= 15 is 0 Å². The van der Waals surface area contributed by atoms with Crippen LogP contribution in [0, 0.1) is 0 Å². The molecule has 3 heterocycles. The molecule has 2 aliphatic rings. The lowest BCUT2D eigenvalue weighted by Crippen LogP contribution is -2.35. The molecule has 1 saturated carbocycles. The van der Waals surface area contributed by atoms with Gasteiger partial charge in [0.25, 0.3) is 15.9 Å². The molecular formula is C16H21N3O4S. The van der Waals surface area contributed by atoms with Gasteiger partial charge in [0.05, 0.1) is 0 Å². The van der Waals surface area contributed by atoms with Crippen LogP contribution in [0.4, 0.5) is 0 Å². The van der Waals surface area contributed by atoms with E-state index < -0.39 is 10.0 Å². The van der Waals surface area contributed by atoms with Crippen molar-refractivity contribution in [3.63, 3.8) is 0 Å². The van der Waals surface area contributed by atoms with Gasteiger partial charge in [-0.05, 0) is 37.8 Å². The van der Waals surface area contributed by atoms with Crippen LogP contribution in [0.15, 0.2) is 26.1 Å². The molecule has 24 heavy (non-hydrogen) atoms. The van der Waals surface area contributed by atoms with E-state index in [0.29, 0.717) is 30.7 Å². The third-order valence-electron chi connectivity index (χ3n) is 4.85. The molecule has 4 rings (SSSR count). The van der Waals surface area contributed by atoms with Gasteiger partial charge in [0.2, 0.25) is 11.0 Å². The quantitative estimate of drug-likeness (QED) is 0.840. The van der Waals surface area contributed by atoms with Gasteiger partial charge in [-0.15, -0.1) is 10.2 Å². The second kappa shape index (κ2) is 6.33. The Morgan fingerprint density at radius 3 is 2.46 bits per heavy atom. The zero-order chi connectivity index (χ0) is 16.6. The maximum atomic E-state index is 12.6. The highest BCUT2D eigenvalue weighted by atomic mass is 32.2. The third-order valence-corrected chi connectivity index (χ3v) is 6.62. The first-order chi connectivity index (χ1) is 11.6. The fraction of sp³-hybridized carbons (Fsp3) is 0.625. The lowest BCUT2D eigenvalue weighted by Gasteiger charge is -2.24. The lowest BCUT2D eigenvalue weighted by atomic mass is 10.1. The predicted octanol–water partition coefficient (Wildman–Crippen LogP) is 3.16. The summed E-state index contributed by atoms with van der Waals surface area (Å²) in [6, 6.07) is 3.06. The lowest BCUT2D eigenvalue weighted by molar-refractivity contribution is 0.332. The van der Waals surface area contributed by atoms with Crippen molar-refractivity contribution in [2.45, 2.75) is 56.0 Å². The Morgan fingerprint density at radius 2 is 1.71 bits per heavy atom. The highest BCUT2D eigenvalue weighted by molar-refractivity contribution is 7.89. The molecule has 1 aliphatic carbocycles. The Kier molecular flexibility index (Phi) is 4.17. The molecule has 0 radical (unpaired) electrons. The smallest absolute Gasteiger partial charge is 0.283 e. The van der Waals surface area contributed by atoms with E-state index in [2.05, 4.69) is 10.2 Å². The Bertz CT molecular complexity index is 799. The maximum absolute atomic E-state index is 12.6. The Morgan fingerprint density at radius 1 is 0.958 bits per heavy atom. The van der Waals surface area contributed by atoms with E-state index in [0.717, 1.165) is 32.1 Å². The summed E-state index contributed by atoms with van der Waals surface area (Å²) in [6.45, 7) is 1.09. The molecule has 0 N–H and O–H groups in total. The van der Waals surface area contributed by atoms with Crippen molar-refractivity contribution in [3.8, 4) is 11.7 Å². The zero-order valence-corrected chi connectivity index (χ0v) is 14.3. The van der Waals surface area contributed by atoms with Crippen molar-refractivity contribution >= 4 is 10.0 Å². The van der Waals surface area contributed by atoms with Crippen LogP contribution in [0.2, 0.25) is 0 Å². The van der Waals surface area contributed by atoms with Crippen molar-refractivity contribution in [1.82, 2.24) is 14.5 Å². The van der Waals surface area contributed by atoms with Gasteiger partial charge in [-0.2, -0.15) is 4.31 Å². The van der Waals surface area contributed by atoms with Crippen LogP contribution in [0.3, 0.4) is 0 Å². The first-order valence-electron chi connectivity index (χ1n) is 8.58. The minimum atomic E-state index is -3.58. The number of nitrogens with zero attached hydrogens (tertiary/aromatic N) is 3. The second-order valence-corrected chi connectivity index (χ2v) is 8.38. The fourth-order valence-corrected chi connectivity index (χ4v) is 4.91. The summed E-state index contributed by atoms with van der Waals surface area (Å²) < 4.78 is 37.9. The van der Waals surface area contributed by atoms with Gasteiger partial charge in [-0.1, -0.05) is 19.3 Å². The first-order valence-corrected chi connectivity index (χ1v) is 10.0. The average Bonchev–Trinajstić information content (AvgIpc) is 3.34. The SMILES string of the molecule is O=S(=O)(c1ccc(-c2nnc(C3CCCC3)o2)o1)N1CCCCC1. The number of sulfonamides is 1.